The molecule has 2 N–H and O–H groups in total. The molecule has 1 aromatic carbocycles. The van der Waals surface area contributed by atoms with Crippen LogP contribution in [-0.2, 0) is 22.6 Å². The van der Waals surface area contributed by atoms with E-state index < -0.39 is 5.91 Å². The predicted molar refractivity (Wildman–Crippen MR) is 86.2 cm³/mol. The zero-order valence-corrected chi connectivity index (χ0v) is 13.7. The van der Waals surface area contributed by atoms with E-state index in [1.807, 2.05) is 12.1 Å². The standard InChI is InChI=1S/C16H18N4O5/c1-23-7-6-17-15(22)16-19-13(20-25-16)9-24-11-4-2-10-3-5-14(21)18-12(10)8-11/h2,4,8H,3,5-7,9H2,1H3,(H,17,22)(H,18,21). The largest absolute Gasteiger partial charge is 0.485 e. The molecule has 0 spiro atoms. The summed E-state index contributed by atoms with van der Waals surface area (Å²) in [5.41, 5.74) is 1.82. The summed E-state index contributed by atoms with van der Waals surface area (Å²) in [5.74, 6) is 0.210. The molecule has 2 heterocycles. The van der Waals surface area contributed by atoms with E-state index in [9.17, 15) is 9.59 Å². The molecule has 9 heteroatoms. The van der Waals surface area contributed by atoms with Gasteiger partial charge in [-0.05, 0) is 18.1 Å². The molecule has 0 fully saturated rings. The predicted octanol–water partition coefficient (Wildman–Crippen LogP) is 0.909. The van der Waals surface area contributed by atoms with Crippen molar-refractivity contribution in [2.24, 2.45) is 0 Å². The number of carbonyl (C=O) groups excluding carboxylic acids is 2. The Bertz CT molecular complexity index is 774. The van der Waals surface area contributed by atoms with Crippen LogP contribution < -0.4 is 15.4 Å². The Labute approximate surface area is 143 Å². The minimum absolute atomic E-state index is 0.00746. The highest BCUT2D eigenvalue weighted by molar-refractivity contribution is 5.94. The Morgan fingerprint density at radius 1 is 1.40 bits per heavy atom. The molecule has 25 heavy (non-hydrogen) atoms. The number of fused-ring (bicyclic) bond motifs is 1. The summed E-state index contributed by atoms with van der Waals surface area (Å²) in [6, 6.07) is 5.48. The average molecular weight is 346 g/mol. The molecule has 0 radical (unpaired) electrons. The lowest BCUT2D eigenvalue weighted by atomic mass is 10.0. The highest BCUT2D eigenvalue weighted by Gasteiger charge is 2.17. The zero-order chi connectivity index (χ0) is 17.6. The van der Waals surface area contributed by atoms with Crippen molar-refractivity contribution >= 4 is 17.5 Å². The van der Waals surface area contributed by atoms with E-state index in [0.717, 1.165) is 11.3 Å². The number of amides is 2. The third kappa shape index (κ3) is 4.32. The molecular formula is C16H18N4O5. The van der Waals surface area contributed by atoms with Crippen molar-refractivity contribution in [3.63, 3.8) is 0 Å². The van der Waals surface area contributed by atoms with Crippen LogP contribution in [-0.4, -0.2) is 42.2 Å². The Morgan fingerprint density at radius 3 is 3.12 bits per heavy atom. The zero-order valence-electron chi connectivity index (χ0n) is 13.7. The number of hydrogen-bond acceptors (Lipinski definition) is 7. The van der Waals surface area contributed by atoms with Crippen molar-refractivity contribution in [3.8, 4) is 5.75 Å². The van der Waals surface area contributed by atoms with E-state index in [4.69, 9.17) is 14.0 Å². The second-order valence-electron chi connectivity index (χ2n) is 5.42. The van der Waals surface area contributed by atoms with Gasteiger partial charge in [-0.1, -0.05) is 11.2 Å². The fraction of sp³-hybridized carbons (Fsp3) is 0.375. The molecule has 9 nitrogen and oxygen atoms in total. The summed E-state index contributed by atoms with van der Waals surface area (Å²) in [5, 5.41) is 9.10. The second kappa shape index (κ2) is 7.75. The summed E-state index contributed by atoms with van der Waals surface area (Å²) in [6.07, 6.45) is 1.21. The normalized spacial score (nSPS) is 13.1. The molecule has 2 aromatic rings. The SMILES string of the molecule is COCCNC(=O)c1nc(COc2ccc3c(c2)NC(=O)CC3)no1. The van der Waals surface area contributed by atoms with Crippen LogP contribution in [0, 0.1) is 0 Å². The van der Waals surface area contributed by atoms with Crippen LogP contribution in [0.5, 0.6) is 5.75 Å². The summed E-state index contributed by atoms with van der Waals surface area (Å²) in [6.45, 7) is 0.788. The van der Waals surface area contributed by atoms with E-state index in [2.05, 4.69) is 20.8 Å². The first-order valence-corrected chi connectivity index (χ1v) is 7.81. The molecule has 0 aliphatic carbocycles. The molecule has 0 saturated carbocycles. The van der Waals surface area contributed by atoms with Crippen LogP contribution in [0.15, 0.2) is 22.7 Å². The monoisotopic (exact) mass is 346 g/mol. The summed E-state index contributed by atoms with van der Waals surface area (Å²) >= 11 is 0. The van der Waals surface area contributed by atoms with Crippen LogP contribution in [0.25, 0.3) is 0 Å². The average Bonchev–Trinajstić information content (AvgIpc) is 3.09. The van der Waals surface area contributed by atoms with Crippen LogP contribution in [0.3, 0.4) is 0 Å². The molecule has 1 aliphatic heterocycles. The fourth-order valence-corrected chi connectivity index (χ4v) is 2.34. The van der Waals surface area contributed by atoms with Gasteiger partial charge in [0.25, 0.3) is 0 Å². The lowest BCUT2D eigenvalue weighted by Gasteiger charge is -2.17. The van der Waals surface area contributed by atoms with Gasteiger partial charge in [-0.2, -0.15) is 4.98 Å². The number of nitrogens with zero attached hydrogens (tertiary/aromatic N) is 2. The third-order valence-corrected chi connectivity index (χ3v) is 3.60. The van der Waals surface area contributed by atoms with Gasteiger partial charge >= 0.3 is 11.8 Å². The number of ether oxygens (including phenoxy) is 2. The van der Waals surface area contributed by atoms with Crippen molar-refractivity contribution in [3.05, 3.63) is 35.5 Å². The van der Waals surface area contributed by atoms with Crippen molar-refractivity contribution in [2.45, 2.75) is 19.4 Å². The van der Waals surface area contributed by atoms with E-state index in [-0.39, 0.29) is 24.2 Å². The van der Waals surface area contributed by atoms with Crippen molar-refractivity contribution in [1.82, 2.24) is 15.5 Å². The molecule has 3 rings (SSSR count). The van der Waals surface area contributed by atoms with Gasteiger partial charge in [0.2, 0.25) is 11.7 Å². The summed E-state index contributed by atoms with van der Waals surface area (Å²) in [4.78, 5) is 27.2. The smallest absolute Gasteiger partial charge is 0.316 e. The molecule has 1 aromatic heterocycles. The van der Waals surface area contributed by atoms with Crippen LogP contribution >= 0.6 is 0 Å². The van der Waals surface area contributed by atoms with Crippen LogP contribution in [0.2, 0.25) is 0 Å². The van der Waals surface area contributed by atoms with Gasteiger partial charge in [-0.25, -0.2) is 0 Å². The number of benzene rings is 1. The first-order chi connectivity index (χ1) is 12.2. The van der Waals surface area contributed by atoms with Crippen LogP contribution in [0.4, 0.5) is 5.69 Å². The Hall–Kier alpha value is -2.94. The first kappa shape index (κ1) is 16.9. The van der Waals surface area contributed by atoms with Crippen molar-refractivity contribution in [1.29, 1.82) is 0 Å². The van der Waals surface area contributed by atoms with E-state index in [1.165, 1.54) is 0 Å². The van der Waals surface area contributed by atoms with Gasteiger partial charge in [0.15, 0.2) is 6.61 Å². The van der Waals surface area contributed by atoms with Crippen molar-refractivity contribution in [2.75, 3.05) is 25.6 Å². The number of methoxy groups -OCH3 is 1. The molecule has 2 amide bonds. The number of aryl methyl sites for hydroxylation is 1. The van der Waals surface area contributed by atoms with Gasteiger partial charge in [-0.15, -0.1) is 0 Å². The van der Waals surface area contributed by atoms with Crippen LogP contribution in [0.1, 0.15) is 28.5 Å². The van der Waals surface area contributed by atoms with Gasteiger partial charge in [-0.3, -0.25) is 9.59 Å². The summed E-state index contributed by atoms with van der Waals surface area (Å²) in [7, 11) is 1.54. The molecule has 132 valence electrons. The van der Waals surface area contributed by atoms with Gasteiger partial charge in [0, 0.05) is 31.8 Å². The maximum Gasteiger partial charge on any atom is 0.316 e. The minimum Gasteiger partial charge on any atom is -0.485 e. The van der Waals surface area contributed by atoms with Gasteiger partial charge < -0.3 is 24.6 Å². The minimum atomic E-state index is -0.465. The molecule has 0 saturated heterocycles. The number of aromatic nitrogens is 2. The lowest BCUT2D eigenvalue weighted by molar-refractivity contribution is -0.116. The lowest BCUT2D eigenvalue weighted by Crippen LogP contribution is -2.27. The first-order valence-electron chi connectivity index (χ1n) is 7.81. The Morgan fingerprint density at radius 2 is 2.28 bits per heavy atom. The molecule has 1 aliphatic rings. The van der Waals surface area contributed by atoms with E-state index in [0.29, 0.717) is 31.7 Å². The molecule has 0 bridgehead atoms. The number of hydrogen-bond donors (Lipinski definition) is 2. The van der Waals surface area contributed by atoms with Gasteiger partial charge in [0.1, 0.15) is 5.75 Å². The number of carbonyl (C=O) groups is 2. The maximum atomic E-state index is 11.8. The Balaban J connectivity index is 1.56. The highest BCUT2D eigenvalue weighted by Crippen LogP contribution is 2.27. The van der Waals surface area contributed by atoms with Gasteiger partial charge in [0.05, 0.1) is 6.61 Å². The quantitative estimate of drug-likeness (QED) is 0.716. The molecular weight excluding hydrogens is 328 g/mol. The van der Waals surface area contributed by atoms with E-state index >= 15 is 0 Å². The third-order valence-electron chi connectivity index (χ3n) is 3.60. The fourth-order valence-electron chi connectivity index (χ4n) is 2.34. The Kier molecular flexibility index (Phi) is 5.24. The number of rotatable bonds is 7. The second-order valence-corrected chi connectivity index (χ2v) is 5.42. The highest BCUT2D eigenvalue weighted by atomic mass is 16.5. The number of anilines is 1. The maximum absolute atomic E-state index is 11.8. The summed E-state index contributed by atoms with van der Waals surface area (Å²) < 4.78 is 15.3. The molecule has 0 unspecified atom stereocenters. The topological polar surface area (TPSA) is 116 Å². The molecule has 0 atom stereocenters. The van der Waals surface area contributed by atoms with Crippen molar-refractivity contribution < 1.29 is 23.6 Å². The van der Waals surface area contributed by atoms with E-state index in [1.54, 1.807) is 13.2 Å². The number of nitrogens with one attached hydrogen (secondary N) is 2.